The molecule has 9 heteroatoms. The second-order valence-corrected chi connectivity index (χ2v) is 8.55. The molecular formula is C25H27BrN2O5S. The standard InChI is InChI=1S/C25H27BrN2O5S/c1-5-16-8-10-18(11-9-16)28-24(30)20(27(25(28)34)15-22(29)31-4)13-17-12-19(26)23(33-7-3)21(14-17)32-6-2/h8-14H,5-7,15H2,1-4H3/b20-13-. The van der Waals surface area contributed by atoms with Gasteiger partial charge in [-0.1, -0.05) is 19.1 Å². The molecule has 2 aromatic carbocycles. The number of carbonyl (C=O) groups is 2. The minimum absolute atomic E-state index is 0.188. The summed E-state index contributed by atoms with van der Waals surface area (Å²) in [6.07, 6.45) is 2.56. The van der Waals surface area contributed by atoms with Crippen molar-refractivity contribution in [1.29, 1.82) is 0 Å². The maximum absolute atomic E-state index is 13.5. The van der Waals surface area contributed by atoms with E-state index in [4.69, 9.17) is 26.4 Å². The number of methoxy groups -OCH3 is 1. The molecule has 0 aromatic heterocycles. The third kappa shape index (κ3) is 5.42. The van der Waals surface area contributed by atoms with Crippen molar-refractivity contribution in [2.75, 3.05) is 31.8 Å². The van der Waals surface area contributed by atoms with Crippen LogP contribution >= 0.6 is 28.1 Å². The molecule has 1 heterocycles. The minimum atomic E-state index is -0.507. The molecule has 3 rings (SSSR count). The van der Waals surface area contributed by atoms with Crippen LogP contribution in [0.3, 0.4) is 0 Å². The number of esters is 1. The molecule has 1 amide bonds. The van der Waals surface area contributed by atoms with Crippen molar-refractivity contribution in [3.05, 3.63) is 57.7 Å². The molecule has 34 heavy (non-hydrogen) atoms. The Bertz CT molecular complexity index is 1120. The summed E-state index contributed by atoms with van der Waals surface area (Å²) in [4.78, 5) is 28.6. The van der Waals surface area contributed by atoms with E-state index in [9.17, 15) is 9.59 Å². The third-order valence-electron chi connectivity index (χ3n) is 5.18. The van der Waals surface area contributed by atoms with E-state index >= 15 is 0 Å². The summed E-state index contributed by atoms with van der Waals surface area (Å²) in [5.41, 5.74) is 2.72. The van der Waals surface area contributed by atoms with Crippen molar-refractivity contribution in [1.82, 2.24) is 4.90 Å². The molecular weight excluding hydrogens is 520 g/mol. The van der Waals surface area contributed by atoms with Crippen LogP contribution in [0.25, 0.3) is 6.08 Å². The molecule has 180 valence electrons. The Morgan fingerprint density at radius 3 is 2.35 bits per heavy atom. The highest BCUT2D eigenvalue weighted by molar-refractivity contribution is 9.10. The number of anilines is 1. The predicted octanol–water partition coefficient (Wildman–Crippen LogP) is 4.96. The lowest BCUT2D eigenvalue weighted by Gasteiger charge is -2.19. The van der Waals surface area contributed by atoms with E-state index in [1.165, 1.54) is 16.9 Å². The molecule has 0 N–H and O–H groups in total. The van der Waals surface area contributed by atoms with Gasteiger partial charge in [-0.05, 0) is 89.9 Å². The van der Waals surface area contributed by atoms with Gasteiger partial charge in [-0.3, -0.25) is 14.5 Å². The summed E-state index contributed by atoms with van der Waals surface area (Å²) >= 11 is 9.15. The molecule has 0 saturated carbocycles. The highest BCUT2D eigenvalue weighted by atomic mass is 79.9. The molecule has 0 atom stereocenters. The zero-order valence-electron chi connectivity index (χ0n) is 19.6. The van der Waals surface area contributed by atoms with Gasteiger partial charge >= 0.3 is 5.97 Å². The maximum Gasteiger partial charge on any atom is 0.325 e. The van der Waals surface area contributed by atoms with E-state index in [1.54, 1.807) is 12.1 Å². The molecule has 1 aliphatic rings. The second-order valence-electron chi connectivity index (χ2n) is 7.33. The van der Waals surface area contributed by atoms with E-state index in [0.717, 1.165) is 12.0 Å². The van der Waals surface area contributed by atoms with Crippen molar-refractivity contribution < 1.29 is 23.8 Å². The maximum atomic E-state index is 13.5. The van der Waals surface area contributed by atoms with Gasteiger partial charge < -0.3 is 19.1 Å². The summed E-state index contributed by atoms with van der Waals surface area (Å²) in [5, 5.41) is 0.209. The number of aryl methyl sites for hydroxylation is 1. The normalized spacial score (nSPS) is 14.7. The second kappa shape index (κ2) is 11.5. The van der Waals surface area contributed by atoms with Crippen LogP contribution in [0, 0.1) is 0 Å². The summed E-state index contributed by atoms with van der Waals surface area (Å²) in [7, 11) is 1.30. The number of ether oxygens (including phenoxy) is 3. The molecule has 0 radical (unpaired) electrons. The highest BCUT2D eigenvalue weighted by Crippen LogP contribution is 2.38. The highest BCUT2D eigenvalue weighted by Gasteiger charge is 2.40. The van der Waals surface area contributed by atoms with Crippen LogP contribution in [-0.2, 0) is 20.7 Å². The lowest BCUT2D eigenvalue weighted by molar-refractivity contribution is -0.140. The monoisotopic (exact) mass is 546 g/mol. The molecule has 0 unspecified atom stereocenters. The van der Waals surface area contributed by atoms with Crippen molar-refractivity contribution in [3.63, 3.8) is 0 Å². The van der Waals surface area contributed by atoms with Crippen LogP contribution in [0.2, 0.25) is 0 Å². The number of nitrogens with zero attached hydrogens (tertiary/aromatic N) is 2. The molecule has 1 aliphatic heterocycles. The first kappa shape index (κ1) is 25.7. The van der Waals surface area contributed by atoms with E-state index < -0.39 is 5.97 Å². The largest absolute Gasteiger partial charge is 0.490 e. The Labute approximate surface area is 213 Å². The predicted molar refractivity (Wildman–Crippen MR) is 139 cm³/mol. The number of hydrogen-bond acceptors (Lipinski definition) is 6. The molecule has 7 nitrogen and oxygen atoms in total. The SMILES string of the molecule is CCOc1cc(/C=C2/C(=O)N(c3ccc(CC)cc3)C(=S)N2CC(=O)OC)cc(Br)c1OCC. The number of thiocarbonyl (C=S) groups is 1. The van der Waals surface area contributed by atoms with E-state index in [2.05, 4.69) is 22.9 Å². The number of amides is 1. The zero-order chi connectivity index (χ0) is 24.8. The van der Waals surface area contributed by atoms with Crippen LogP contribution < -0.4 is 14.4 Å². The van der Waals surface area contributed by atoms with Crippen molar-refractivity contribution >= 4 is 56.9 Å². The lowest BCUT2D eigenvalue weighted by atomic mass is 10.1. The van der Waals surface area contributed by atoms with Gasteiger partial charge in [-0.15, -0.1) is 0 Å². The van der Waals surface area contributed by atoms with Gasteiger partial charge in [0.15, 0.2) is 16.6 Å². The van der Waals surface area contributed by atoms with Crippen LogP contribution in [0.4, 0.5) is 5.69 Å². The fourth-order valence-corrected chi connectivity index (χ4v) is 4.44. The number of halogens is 1. The third-order valence-corrected chi connectivity index (χ3v) is 6.17. The molecule has 1 saturated heterocycles. The van der Waals surface area contributed by atoms with E-state index in [-0.39, 0.29) is 23.3 Å². The summed E-state index contributed by atoms with van der Waals surface area (Å²) in [6.45, 7) is 6.57. The van der Waals surface area contributed by atoms with Crippen LogP contribution in [0.5, 0.6) is 11.5 Å². The molecule has 0 spiro atoms. The first-order valence-corrected chi connectivity index (χ1v) is 12.2. The summed E-state index contributed by atoms with van der Waals surface area (Å²) in [5.74, 6) is 0.294. The molecule has 0 bridgehead atoms. The van der Waals surface area contributed by atoms with Gasteiger partial charge in [-0.2, -0.15) is 0 Å². The van der Waals surface area contributed by atoms with Gasteiger partial charge in [0, 0.05) is 0 Å². The average molecular weight is 547 g/mol. The quantitative estimate of drug-likeness (QED) is 0.250. The Balaban J connectivity index is 2.08. The van der Waals surface area contributed by atoms with Gasteiger partial charge in [0.05, 0.1) is 30.5 Å². The van der Waals surface area contributed by atoms with Crippen LogP contribution in [-0.4, -0.2) is 48.8 Å². The smallest absolute Gasteiger partial charge is 0.325 e. The van der Waals surface area contributed by atoms with Crippen molar-refractivity contribution in [2.24, 2.45) is 0 Å². The van der Waals surface area contributed by atoms with Crippen molar-refractivity contribution in [2.45, 2.75) is 27.2 Å². The Kier molecular flexibility index (Phi) is 8.68. The molecule has 1 fully saturated rings. The lowest BCUT2D eigenvalue weighted by Crippen LogP contribution is -2.35. The summed E-state index contributed by atoms with van der Waals surface area (Å²) < 4.78 is 17.0. The van der Waals surface area contributed by atoms with Crippen molar-refractivity contribution in [3.8, 4) is 11.5 Å². The summed E-state index contributed by atoms with van der Waals surface area (Å²) in [6, 6.07) is 11.2. The first-order chi connectivity index (χ1) is 16.3. The van der Waals surface area contributed by atoms with Gasteiger partial charge in [-0.25, -0.2) is 0 Å². The topological polar surface area (TPSA) is 68.3 Å². The Morgan fingerprint density at radius 2 is 1.76 bits per heavy atom. The number of rotatable bonds is 9. The Hall–Kier alpha value is -2.91. The number of carbonyl (C=O) groups excluding carboxylic acids is 2. The minimum Gasteiger partial charge on any atom is -0.490 e. The van der Waals surface area contributed by atoms with Gasteiger partial charge in [0.1, 0.15) is 12.2 Å². The van der Waals surface area contributed by atoms with Crippen LogP contribution in [0.15, 0.2) is 46.6 Å². The molecule has 2 aromatic rings. The van der Waals surface area contributed by atoms with Gasteiger partial charge in [0.2, 0.25) is 0 Å². The Morgan fingerprint density at radius 1 is 1.09 bits per heavy atom. The zero-order valence-corrected chi connectivity index (χ0v) is 22.0. The molecule has 0 aliphatic carbocycles. The fraction of sp³-hybridized carbons (Fsp3) is 0.320. The van der Waals surface area contributed by atoms with E-state index in [1.807, 2.05) is 44.2 Å². The average Bonchev–Trinajstić information content (AvgIpc) is 3.05. The first-order valence-electron chi connectivity index (χ1n) is 11.0. The number of benzene rings is 2. The van der Waals surface area contributed by atoms with E-state index in [0.29, 0.717) is 40.4 Å². The fourth-order valence-electron chi connectivity index (χ4n) is 3.51. The number of hydrogen-bond donors (Lipinski definition) is 0. The van der Waals surface area contributed by atoms with Gasteiger partial charge in [0.25, 0.3) is 5.91 Å². The van der Waals surface area contributed by atoms with Crippen LogP contribution in [0.1, 0.15) is 31.9 Å².